The first-order chi connectivity index (χ1) is 5.33. The van der Waals surface area contributed by atoms with E-state index < -0.39 is 0 Å². The number of carbonyl (C=O) groups is 1. The van der Waals surface area contributed by atoms with Crippen LogP contribution in [0.1, 0.15) is 5.56 Å². The fourth-order valence-corrected chi connectivity index (χ4v) is 0.686. The molecule has 0 spiro atoms. The molecule has 0 amide bonds. The summed E-state index contributed by atoms with van der Waals surface area (Å²) in [6, 6.07) is 3.54. The van der Waals surface area contributed by atoms with Gasteiger partial charge in [0.2, 0.25) is 0 Å². The van der Waals surface area contributed by atoms with Crippen LogP contribution in [0.3, 0.4) is 0 Å². The molecular weight excluding hydrogens is 142 g/mol. The molecule has 0 aromatic carbocycles. The molecule has 0 atom stereocenters. The second-order valence-corrected chi connectivity index (χ2v) is 2.03. The van der Waals surface area contributed by atoms with Crippen molar-refractivity contribution in [1.29, 1.82) is 0 Å². The summed E-state index contributed by atoms with van der Waals surface area (Å²) in [6.45, 7) is 0. The fraction of sp³-hybridized carbons (Fsp3) is 0.250. The molecule has 1 radical (unpaired) electrons. The lowest BCUT2D eigenvalue weighted by Crippen LogP contribution is -2.04. The van der Waals surface area contributed by atoms with Gasteiger partial charge < -0.3 is 4.74 Å². The molecule has 0 unspecified atom stereocenters. The maximum atomic E-state index is 10.7. The van der Waals surface area contributed by atoms with Gasteiger partial charge in [-0.15, -0.1) is 0 Å². The van der Waals surface area contributed by atoms with Crippen LogP contribution >= 0.6 is 0 Å². The van der Waals surface area contributed by atoms with E-state index in [0.717, 1.165) is 5.56 Å². The Morgan fingerprint density at radius 2 is 2.64 bits per heavy atom. The van der Waals surface area contributed by atoms with Crippen molar-refractivity contribution in [3.8, 4) is 0 Å². The minimum absolute atomic E-state index is 0.240. The minimum Gasteiger partial charge on any atom is -0.469 e. The Labute approximate surface area is 65.0 Å². The van der Waals surface area contributed by atoms with Crippen molar-refractivity contribution in [2.45, 2.75) is 6.42 Å². The molecule has 1 aromatic rings. The first-order valence-corrected chi connectivity index (χ1v) is 3.21. The number of hydrogen-bond donors (Lipinski definition) is 0. The van der Waals surface area contributed by atoms with Crippen LogP contribution in [0.2, 0.25) is 0 Å². The third-order valence-corrected chi connectivity index (χ3v) is 1.23. The van der Waals surface area contributed by atoms with E-state index in [2.05, 4.69) is 15.9 Å². The number of nitrogens with zero attached hydrogens (tertiary/aromatic N) is 1. The fourth-order valence-electron chi connectivity index (χ4n) is 0.686. The van der Waals surface area contributed by atoms with E-state index >= 15 is 0 Å². The van der Waals surface area contributed by atoms with Crippen LogP contribution in [-0.4, -0.2) is 18.1 Å². The average molecular weight is 150 g/mol. The van der Waals surface area contributed by atoms with Gasteiger partial charge in [0.1, 0.15) is 0 Å². The molecule has 1 rings (SSSR count). The standard InChI is InChI=1S/C8H8NO2/c1-11-8(10)5-7-3-2-4-9-6-7/h2-4H,5H2,1H3. The summed E-state index contributed by atoms with van der Waals surface area (Å²) in [4.78, 5) is 14.5. The van der Waals surface area contributed by atoms with Crippen LogP contribution in [-0.2, 0) is 16.0 Å². The van der Waals surface area contributed by atoms with Crippen molar-refractivity contribution in [2.24, 2.45) is 0 Å². The number of aromatic nitrogens is 1. The summed E-state index contributed by atoms with van der Waals surface area (Å²) in [5.41, 5.74) is 0.749. The van der Waals surface area contributed by atoms with E-state index in [1.54, 1.807) is 18.3 Å². The van der Waals surface area contributed by atoms with Gasteiger partial charge in [-0.1, -0.05) is 6.07 Å². The number of esters is 1. The lowest BCUT2D eigenvalue weighted by Gasteiger charge is -1.96. The molecule has 0 fully saturated rings. The summed E-state index contributed by atoms with van der Waals surface area (Å²) < 4.78 is 4.47. The monoisotopic (exact) mass is 150 g/mol. The summed E-state index contributed by atoms with van der Waals surface area (Å²) >= 11 is 0. The Balaban J connectivity index is 2.58. The average Bonchev–Trinajstić information content (AvgIpc) is 2.06. The van der Waals surface area contributed by atoms with E-state index in [1.165, 1.54) is 7.11 Å². The van der Waals surface area contributed by atoms with Crippen LogP contribution in [0.4, 0.5) is 0 Å². The first-order valence-electron chi connectivity index (χ1n) is 3.21. The van der Waals surface area contributed by atoms with E-state index in [4.69, 9.17) is 0 Å². The smallest absolute Gasteiger partial charge is 0.310 e. The zero-order chi connectivity index (χ0) is 8.10. The van der Waals surface area contributed by atoms with Crippen molar-refractivity contribution >= 4 is 5.97 Å². The highest BCUT2D eigenvalue weighted by molar-refractivity contribution is 5.72. The molecule has 3 heteroatoms. The summed E-state index contributed by atoms with van der Waals surface area (Å²) in [6.07, 6.45) is 4.54. The molecule has 3 nitrogen and oxygen atoms in total. The Kier molecular flexibility index (Phi) is 2.60. The molecule has 0 bridgehead atoms. The predicted octanol–water partition coefficient (Wildman–Crippen LogP) is 0.597. The van der Waals surface area contributed by atoms with E-state index in [0.29, 0.717) is 0 Å². The van der Waals surface area contributed by atoms with Crippen LogP contribution in [0.25, 0.3) is 0 Å². The lowest BCUT2D eigenvalue weighted by molar-refractivity contribution is -0.139. The normalized spacial score (nSPS) is 9.18. The first kappa shape index (κ1) is 7.72. The second-order valence-electron chi connectivity index (χ2n) is 2.03. The van der Waals surface area contributed by atoms with E-state index in [1.807, 2.05) is 0 Å². The summed E-state index contributed by atoms with van der Waals surface area (Å²) in [7, 11) is 1.36. The molecule has 0 N–H and O–H groups in total. The van der Waals surface area contributed by atoms with Crippen LogP contribution in [0, 0.1) is 6.20 Å². The van der Waals surface area contributed by atoms with Gasteiger partial charge in [0.05, 0.1) is 19.7 Å². The van der Waals surface area contributed by atoms with Crippen molar-refractivity contribution in [3.05, 3.63) is 30.1 Å². The maximum Gasteiger partial charge on any atom is 0.310 e. The SMILES string of the molecule is COC(=O)Cc1[c]nccc1. The second kappa shape index (κ2) is 3.71. The van der Waals surface area contributed by atoms with Gasteiger partial charge >= 0.3 is 5.97 Å². The molecule has 57 valence electrons. The highest BCUT2D eigenvalue weighted by Crippen LogP contribution is 1.96. The molecule has 0 saturated carbocycles. The quantitative estimate of drug-likeness (QED) is 0.579. The molecule has 1 heterocycles. The van der Waals surface area contributed by atoms with E-state index in [9.17, 15) is 4.79 Å². The third-order valence-electron chi connectivity index (χ3n) is 1.23. The van der Waals surface area contributed by atoms with Gasteiger partial charge in [-0.3, -0.25) is 9.78 Å². The molecule has 0 aliphatic heterocycles. The molecular formula is C8H8NO2. The topological polar surface area (TPSA) is 39.2 Å². The molecule has 11 heavy (non-hydrogen) atoms. The molecule has 0 aliphatic carbocycles. The van der Waals surface area contributed by atoms with Crippen molar-refractivity contribution < 1.29 is 9.53 Å². The number of methoxy groups -OCH3 is 1. The predicted molar refractivity (Wildman–Crippen MR) is 38.8 cm³/mol. The van der Waals surface area contributed by atoms with Crippen LogP contribution in [0.5, 0.6) is 0 Å². The molecule has 1 aromatic heterocycles. The Morgan fingerprint density at radius 3 is 3.18 bits per heavy atom. The molecule has 0 aliphatic rings. The van der Waals surface area contributed by atoms with Crippen LogP contribution in [0.15, 0.2) is 18.3 Å². The summed E-state index contributed by atoms with van der Waals surface area (Å²) in [5, 5.41) is 0. The third kappa shape index (κ3) is 2.37. The minimum atomic E-state index is -0.269. The highest BCUT2D eigenvalue weighted by atomic mass is 16.5. The van der Waals surface area contributed by atoms with Gasteiger partial charge in [0.25, 0.3) is 0 Å². The van der Waals surface area contributed by atoms with Crippen molar-refractivity contribution in [1.82, 2.24) is 4.98 Å². The Bertz CT molecular complexity index is 233. The number of rotatable bonds is 2. The maximum absolute atomic E-state index is 10.7. The number of carbonyl (C=O) groups excluding carboxylic acids is 1. The van der Waals surface area contributed by atoms with Gasteiger partial charge in [-0.05, 0) is 11.6 Å². The van der Waals surface area contributed by atoms with Crippen LogP contribution < -0.4 is 0 Å². The highest BCUT2D eigenvalue weighted by Gasteiger charge is 2.01. The van der Waals surface area contributed by atoms with Gasteiger partial charge in [-0.2, -0.15) is 0 Å². The number of hydrogen-bond acceptors (Lipinski definition) is 3. The Morgan fingerprint density at radius 1 is 1.82 bits per heavy atom. The van der Waals surface area contributed by atoms with Gasteiger partial charge in [0.15, 0.2) is 0 Å². The zero-order valence-corrected chi connectivity index (χ0v) is 6.20. The Hall–Kier alpha value is -1.38. The lowest BCUT2D eigenvalue weighted by atomic mass is 10.2. The van der Waals surface area contributed by atoms with Gasteiger partial charge in [-0.25, -0.2) is 0 Å². The van der Waals surface area contributed by atoms with Gasteiger partial charge in [0, 0.05) is 6.20 Å². The molecule has 0 saturated heterocycles. The number of pyridine rings is 1. The summed E-state index contributed by atoms with van der Waals surface area (Å²) in [5.74, 6) is -0.269. The zero-order valence-electron chi connectivity index (χ0n) is 6.20. The van der Waals surface area contributed by atoms with E-state index in [-0.39, 0.29) is 12.4 Å². The van der Waals surface area contributed by atoms with Crippen molar-refractivity contribution in [2.75, 3.05) is 7.11 Å². The number of ether oxygens (including phenoxy) is 1. The largest absolute Gasteiger partial charge is 0.469 e. The van der Waals surface area contributed by atoms with Crippen molar-refractivity contribution in [3.63, 3.8) is 0 Å².